The summed E-state index contributed by atoms with van der Waals surface area (Å²) in [4.78, 5) is 33.4. The Kier molecular flexibility index (Phi) is 6.29. The zero-order valence-electron chi connectivity index (χ0n) is 19.9. The predicted octanol–water partition coefficient (Wildman–Crippen LogP) is 5.01. The van der Waals surface area contributed by atoms with E-state index in [0.29, 0.717) is 16.8 Å². The van der Waals surface area contributed by atoms with Gasteiger partial charge in [-0.05, 0) is 54.4 Å². The van der Waals surface area contributed by atoms with Gasteiger partial charge in [-0.1, -0.05) is 49.4 Å². The third kappa shape index (κ3) is 4.53. The van der Waals surface area contributed by atoms with Crippen molar-refractivity contribution in [1.29, 1.82) is 0 Å². The molecule has 176 valence electrons. The average molecular weight is 465 g/mol. The molecule has 0 bridgehead atoms. The number of hydrogen-bond donors (Lipinski definition) is 1. The number of anilines is 1. The second-order valence-corrected chi connectivity index (χ2v) is 8.81. The van der Waals surface area contributed by atoms with E-state index in [1.165, 1.54) is 0 Å². The van der Waals surface area contributed by atoms with Crippen molar-refractivity contribution in [2.45, 2.75) is 26.4 Å². The number of aryl methyl sites for hydroxylation is 1. The van der Waals surface area contributed by atoms with E-state index in [1.807, 2.05) is 96.7 Å². The molecule has 1 amide bonds. The van der Waals surface area contributed by atoms with Crippen LogP contribution in [0.4, 0.5) is 5.69 Å². The van der Waals surface area contributed by atoms with Gasteiger partial charge in [0, 0.05) is 42.8 Å². The molecule has 0 aliphatic carbocycles. The van der Waals surface area contributed by atoms with Crippen LogP contribution in [0.1, 0.15) is 28.4 Å². The van der Waals surface area contributed by atoms with Gasteiger partial charge in [0.1, 0.15) is 6.17 Å². The topological polar surface area (TPSA) is 66.2 Å². The Hall–Kier alpha value is -4.03. The Labute approximate surface area is 204 Å². The number of pyridine rings is 1. The van der Waals surface area contributed by atoms with E-state index >= 15 is 0 Å². The molecule has 6 nitrogen and oxygen atoms in total. The van der Waals surface area contributed by atoms with Crippen molar-refractivity contribution >= 4 is 29.1 Å². The first-order chi connectivity index (χ1) is 17.0. The molecule has 1 aliphatic rings. The standard InChI is InChI=1S/C29H28N4O2/c1-3-32-17-15-30-26(32)18-21-11-13-22(14-12-21)31-29(35)28(34)27-24(23-9-5-4-8-20(23)2)19-33-16-7-6-10-25(27)33/h4-16,19,26H,3,17-18H2,1-2H3,(H,31,35). The number of rotatable bonds is 7. The minimum absolute atomic E-state index is 0.157. The van der Waals surface area contributed by atoms with Crippen LogP contribution in [0, 0.1) is 6.92 Å². The lowest BCUT2D eigenvalue weighted by molar-refractivity contribution is -0.112. The van der Waals surface area contributed by atoms with Crippen LogP contribution in [0.5, 0.6) is 0 Å². The number of fused-ring (bicyclic) bond motifs is 1. The summed E-state index contributed by atoms with van der Waals surface area (Å²) in [6.45, 7) is 5.98. The molecule has 5 rings (SSSR count). The summed E-state index contributed by atoms with van der Waals surface area (Å²) in [7, 11) is 0. The van der Waals surface area contributed by atoms with E-state index in [9.17, 15) is 9.59 Å². The zero-order chi connectivity index (χ0) is 24.4. The normalized spacial score (nSPS) is 15.5. The van der Waals surface area contributed by atoms with E-state index < -0.39 is 11.7 Å². The van der Waals surface area contributed by atoms with Crippen molar-refractivity contribution in [2.24, 2.45) is 4.99 Å². The highest BCUT2D eigenvalue weighted by Gasteiger charge is 2.25. The first-order valence-corrected chi connectivity index (χ1v) is 11.9. The van der Waals surface area contributed by atoms with Crippen LogP contribution < -0.4 is 5.32 Å². The monoisotopic (exact) mass is 464 g/mol. The maximum absolute atomic E-state index is 13.4. The average Bonchev–Trinajstić information content (AvgIpc) is 3.49. The van der Waals surface area contributed by atoms with Crippen LogP contribution in [0.2, 0.25) is 0 Å². The summed E-state index contributed by atoms with van der Waals surface area (Å²) in [6.07, 6.45) is 6.74. The van der Waals surface area contributed by atoms with E-state index in [0.717, 1.165) is 41.8 Å². The summed E-state index contributed by atoms with van der Waals surface area (Å²) in [6, 6.07) is 21.2. The molecule has 2 aromatic carbocycles. The molecule has 1 aliphatic heterocycles. The number of benzene rings is 2. The van der Waals surface area contributed by atoms with Crippen molar-refractivity contribution < 1.29 is 9.59 Å². The van der Waals surface area contributed by atoms with Crippen LogP contribution in [-0.4, -0.2) is 46.5 Å². The highest BCUT2D eigenvalue weighted by atomic mass is 16.2. The number of nitrogens with zero attached hydrogens (tertiary/aromatic N) is 3. The molecular formula is C29H28N4O2. The fraction of sp³-hybridized carbons (Fsp3) is 0.207. The Balaban J connectivity index is 1.38. The molecule has 0 saturated carbocycles. The SMILES string of the molecule is CCN1CC=NC1Cc1ccc(NC(=O)C(=O)c2c(-c3ccccc3C)cn3ccccc23)cc1. The summed E-state index contributed by atoms with van der Waals surface area (Å²) < 4.78 is 1.89. The van der Waals surface area contributed by atoms with Gasteiger partial charge in [0.15, 0.2) is 0 Å². The van der Waals surface area contributed by atoms with Crippen LogP contribution in [-0.2, 0) is 11.2 Å². The van der Waals surface area contributed by atoms with Gasteiger partial charge in [0.2, 0.25) is 0 Å². The highest BCUT2D eigenvalue weighted by Crippen LogP contribution is 2.31. The molecule has 3 heterocycles. The Bertz CT molecular complexity index is 1420. The molecule has 0 fully saturated rings. The lowest BCUT2D eigenvalue weighted by Crippen LogP contribution is -2.31. The Morgan fingerprint density at radius 1 is 1.00 bits per heavy atom. The lowest BCUT2D eigenvalue weighted by Gasteiger charge is -2.21. The maximum Gasteiger partial charge on any atom is 0.296 e. The van der Waals surface area contributed by atoms with E-state index in [2.05, 4.69) is 22.1 Å². The number of aliphatic imine (C=N–C) groups is 1. The fourth-order valence-electron chi connectivity index (χ4n) is 4.69. The summed E-state index contributed by atoms with van der Waals surface area (Å²) in [5, 5.41) is 2.79. The number of carbonyl (C=O) groups is 2. The van der Waals surface area contributed by atoms with Gasteiger partial charge < -0.3 is 9.72 Å². The molecule has 35 heavy (non-hydrogen) atoms. The second kappa shape index (κ2) is 9.68. The van der Waals surface area contributed by atoms with Crippen LogP contribution in [0.25, 0.3) is 16.6 Å². The minimum Gasteiger partial charge on any atom is -0.322 e. The molecule has 2 aromatic heterocycles. The van der Waals surface area contributed by atoms with Crippen molar-refractivity contribution in [2.75, 3.05) is 18.4 Å². The van der Waals surface area contributed by atoms with Gasteiger partial charge in [-0.25, -0.2) is 0 Å². The number of likely N-dealkylation sites (N-methyl/N-ethyl adjacent to an activating group) is 1. The van der Waals surface area contributed by atoms with E-state index in [1.54, 1.807) is 0 Å². The number of aromatic nitrogens is 1. The summed E-state index contributed by atoms with van der Waals surface area (Å²) in [5.41, 5.74) is 5.58. The molecule has 0 spiro atoms. The summed E-state index contributed by atoms with van der Waals surface area (Å²) in [5.74, 6) is -1.21. The molecule has 0 saturated heterocycles. The highest BCUT2D eigenvalue weighted by molar-refractivity contribution is 6.49. The fourth-order valence-corrected chi connectivity index (χ4v) is 4.69. The number of carbonyl (C=O) groups excluding carboxylic acids is 2. The number of nitrogens with one attached hydrogen (secondary N) is 1. The molecule has 1 unspecified atom stereocenters. The number of hydrogen-bond acceptors (Lipinski definition) is 4. The van der Waals surface area contributed by atoms with Gasteiger partial charge in [-0.3, -0.25) is 19.5 Å². The van der Waals surface area contributed by atoms with Crippen molar-refractivity contribution in [3.8, 4) is 11.1 Å². The van der Waals surface area contributed by atoms with Crippen LogP contribution in [0.3, 0.4) is 0 Å². The third-order valence-electron chi connectivity index (χ3n) is 6.60. The Morgan fingerprint density at radius 2 is 1.77 bits per heavy atom. The quantitative estimate of drug-likeness (QED) is 0.309. The van der Waals surface area contributed by atoms with E-state index in [-0.39, 0.29) is 6.17 Å². The van der Waals surface area contributed by atoms with Gasteiger partial charge in [0.05, 0.1) is 11.1 Å². The lowest BCUT2D eigenvalue weighted by atomic mass is 9.96. The summed E-state index contributed by atoms with van der Waals surface area (Å²) >= 11 is 0. The van der Waals surface area contributed by atoms with Crippen molar-refractivity contribution in [3.05, 3.63) is 95.8 Å². The minimum atomic E-state index is -0.651. The second-order valence-electron chi connectivity index (χ2n) is 8.81. The number of ketones is 1. The van der Waals surface area contributed by atoms with Gasteiger partial charge in [-0.2, -0.15) is 0 Å². The zero-order valence-corrected chi connectivity index (χ0v) is 19.9. The van der Waals surface area contributed by atoms with Crippen LogP contribution >= 0.6 is 0 Å². The largest absolute Gasteiger partial charge is 0.322 e. The molecule has 6 heteroatoms. The first-order valence-electron chi connectivity index (χ1n) is 11.9. The third-order valence-corrected chi connectivity index (χ3v) is 6.60. The van der Waals surface area contributed by atoms with Crippen molar-refractivity contribution in [3.63, 3.8) is 0 Å². The molecular weight excluding hydrogens is 436 g/mol. The molecule has 1 N–H and O–H groups in total. The Morgan fingerprint density at radius 3 is 2.54 bits per heavy atom. The smallest absolute Gasteiger partial charge is 0.296 e. The maximum atomic E-state index is 13.4. The van der Waals surface area contributed by atoms with Crippen molar-refractivity contribution in [1.82, 2.24) is 9.30 Å². The molecule has 0 radical (unpaired) electrons. The van der Waals surface area contributed by atoms with Gasteiger partial charge in [-0.15, -0.1) is 0 Å². The molecule has 1 atom stereocenters. The number of amides is 1. The first kappa shape index (κ1) is 22.7. The van der Waals surface area contributed by atoms with E-state index in [4.69, 9.17) is 0 Å². The predicted molar refractivity (Wildman–Crippen MR) is 140 cm³/mol. The number of Topliss-reactive ketones (excluding diaryl/α,β-unsaturated/α-hetero) is 1. The van der Waals surface area contributed by atoms with Crippen LogP contribution in [0.15, 0.2) is 84.1 Å². The van der Waals surface area contributed by atoms with Gasteiger partial charge >= 0.3 is 0 Å². The van der Waals surface area contributed by atoms with Gasteiger partial charge in [0.25, 0.3) is 11.7 Å². The molecule has 4 aromatic rings.